The molecule has 0 N–H and O–H groups in total. The minimum atomic E-state index is -0.334. The van der Waals surface area contributed by atoms with E-state index in [0.29, 0.717) is 5.56 Å². The van der Waals surface area contributed by atoms with Gasteiger partial charge in [-0.1, -0.05) is 25.1 Å². The number of fused-ring (bicyclic) bond motifs is 1. The average molecular weight is 247 g/mol. The SMILES string of the molecule is CCSc1nc2ccccc2cc1C(=O)OC. The first-order chi connectivity index (χ1) is 8.26. The summed E-state index contributed by atoms with van der Waals surface area (Å²) in [6.45, 7) is 2.03. The number of benzene rings is 1. The molecule has 0 bridgehead atoms. The Labute approximate surface area is 104 Å². The maximum Gasteiger partial charge on any atom is 0.340 e. The molecular formula is C13H13NO2S. The van der Waals surface area contributed by atoms with E-state index in [2.05, 4.69) is 4.98 Å². The lowest BCUT2D eigenvalue weighted by atomic mass is 10.1. The van der Waals surface area contributed by atoms with Crippen LogP contribution in [0, 0.1) is 0 Å². The van der Waals surface area contributed by atoms with Crippen LogP contribution in [0.3, 0.4) is 0 Å². The first-order valence-corrected chi connectivity index (χ1v) is 6.35. The van der Waals surface area contributed by atoms with Crippen molar-refractivity contribution in [3.05, 3.63) is 35.9 Å². The molecule has 2 rings (SSSR count). The van der Waals surface area contributed by atoms with Gasteiger partial charge in [0, 0.05) is 5.39 Å². The summed E-state index contributed by atoms with van der Waals surface area (Å²) in [6, 6.07) is 9.59. The zero-order valence-corrected chi connectivity index (χ0v) is 10.6. The van der Waals surface area contributed by atoms with Crippen molar-refractivity contribution in [3.63, 3.8) is 0 Å². The van der Waals surface area contributed by atoms with Crippen LogP contribution in [-0.2, 0) is 4.74 Å². The molecule has 1 aromatic heterocycles. The topological polar surface area (TPSA) is 39.2 Å². The van der Waals surface area contributed by atoms with E-state index in [4.69, 9.17) is 4.74 Å². The molecule has 0 saturated carbocycles. The van der Waals surface area contributed by atoms with E-state index in [-0.39, 0.29) is 5.97 Å². The molecule has 88 valence electrons. The highest BCUT2D eigenvalue weighted by molar-refractivity contribution is 7.99. The standard InChI is InChI=1S/C13H13NO2S/c1-3-17-12-10(13(15)16-2)8-9-6-4-5-7-11(9)14-12/h4-8H,3H2,1-2H3. The molecule has 0 spiro atoms. The van der Waals surface area contributed by atoms with E-state index in [1.807, 2.05) is 37.3 Å². The van der Waals surface area contributed by atoms with Gasteiger partial charge >= 0.3 is 5.97 Å². The molecule has 4 heteroatoms. The molecule has 0 fully saturated rings. The van der Waals surface area contributed by atoms with Crippen LogP contribution >= 0.6 is 11.8 Å². The lowest BCUT2D eigenvalue weighted by Crippen LogP contribution is -2.05. The van der Waals surface area contributed by atoms with Gasteiger partial charge in [0.25, 0.3) is 0 Å². The van der Waals surface area contributed by atoms with Crippen LogP contribution in [0.1, 0.15) is 17.3 Å². The van der Waals surface area contributed by atoms with Crippen molar-refractivity contribution in [2.75, 3.05) is 12.9 Å². The van der Waals surface area contributed by atoms with Crippen LogP contribution in [-0.4, -0.2) is 23.8 Å². The van der Waals surface area contributed by atoms with E-state index in [0.717, 1.165) is 21.7 Å². The number of rotatable bonds is 3. The molecule has 2 aromatic rings. The number of thioether (sulfide) groups is 1. The molecule has 0 unspecified atom stereocenters. The smallest absolute Gasteiger partial charge is 0.340 e. The van der Waals surface area contributed by atoms with E-state index in [1.54, 1.807) is 11.8 Å². The van der Waals surface area contributed by atoms with Crippen molar-refractivity contribution in [2.45, 2.75) is 11.9 Å². The van der Waals surface area contributed by atoms with E-state index < -0.39 is 0 Å². The van der Waals surface area contributed by atoms with Gasteiger partial charge in [0.2, 0.25) is 0 Å². The van der Waals surface area contributed by atoms with Crippen LogP contribution in [0.4, 0.5) is 0 Å². The number of nitrogens with zero attached hydrogens (tertiary/aromatic N) is 1. The van der Waals surface area contributed by atoms with E-state index in [1.165, 1.54) is 7.11 Å². The fraction of sp³-hybridized carbons (Fsp3) is 0.231. The van der Waals surface area contributed by atoms with Gasteiger partial charge in [-0.25, -0.2) is 9.78 Å². The van der Waals surface area contributed by atoms with Gasteiger partial charge in [-0.2, -0.15) is 0 Å². The number of esters is 1. The molecular weight excluding hydrogens is 234 g/mol. The van der Waals surface area contributed by atoms with Crippen LogP contribution in [0.2, 0.25) is 0 Å². The molecule has 0 amide bonds. The quantitative estimate of drug-likeness (QED) is 0.617. The number of hydrogen-bond donors (Lipinski definition) is 0. The monoisotopic (exact) mass is 247 g/mol. The number of ether oxygens (including phenoxy) is 1. The molecule has 0 aliphatic carbocycles. The Morgan fingerprint density at radius 3 is 2.88 bits per heavy atom. The Morgan fingerprint density at radius 2 is 2.18 bits per heavy atom. The number of aromatic nitrogens is 1. The molecule has 0 atom stereocenters. The molecule has 0 aliphatic rings. The third-order valence-electron chi connectivity index (χ3n) is 2.38. The van der Waals surface area contributed by atoms with Gasteiger partial charge in [-0.15, -0.1) is 11.8 Å². The Morgan fingerprint density at radius 1 is 1.41 bits per heavy atom. The highest BCUT2D eigenvalue weighted by Crippen LogP contribution is 2.25. The minimum absolute atomic E-state index is 0.334. The fourth-order valence-electron chi connectivity index (χ4n) is 1.60. The van der Waals surface area contributed by atoms with Crippen LogP contribution in [0.25, 0.3) is 10.9 Å². The highest BCUT2D eigenvalue weighted by Gasteiger charge is 2.14. The zero-order valence-electron chi connectivity index (χ0n) is 9.77. The normalized spacial score (nSPS) is 10.5. The maximum atomic E-state index is 11.7. The summed E-state index contributed by atoms with van der Waals surface area (Å²) < 4.78 is 4.78. The lowest BCUT2D eigenvalue weighted by Gasteiger charge is -2.07. The average Bonchev–Trinajstić information content (AvgIpc) is 2.37. The summed E-state index contributed by atoms with van der Waals surface area (Å²) in [5.41, 5.74) is 1.44. The highest BCUT2D eigenvalue weighted by atomic mass is 32.2. The first kappa shape index (κ1) is 11.9. The second-order valence-corrected chi connectivity index (χ2v) is 4.71. The summed E-state index contributed by atoms with van der Waals surface area (Å²) in [6.07, 6.45) is 0. The van der Waals surface area contributed by atoms with Gasteiger partial charge in [0.1, 0.15) is 5.03 Å². The Balaban J connectivity index is 2.61. The zero-order chi connectivity index (χ0) is 12.3. The third kappa shape index (κ3) is 2.42. The largest absolute Gasteiger partial charge is 0.465 e. The molecule has 0 saturated heterocycles. The molecule has 1 heterocycles. The number of methoxy groups -OCH3 is 1. The number of carbonyl (C=O) groups is 1. The van der Waals surface area contributed by atoms with Crippen molar-refractivity contribution in [1.82, 2.24) is 4.98 Å². The van der Waals surface area contributed by atoms with Gasteiger partial charge in [0.15, 0.2) is 0 Å². The minimum Gasteiger partial charge on any atom is -0.465 e. The predicted octanol–water partition coefficient (Wildman–Crippen LogP) is 3.13. The molecule has 1 aromatic carbocycles. The van der Waals surface area contributed by atoms with Crippen molar-refractivity contribution in [2.24, 2.45) is 0 Å². The second kappa shape index (κ2) is 5.19. The Bertz CT molecular complexity index is 554. The fourth-order valence-corrected chi connectivity index (χ4v) is 2.34. The van der Waals surface area contributed by atoms with E-state index >= 15 is 0 Å². The Kier molecular flexibility index (Phi) is 3.64. The predicted molar refractivity (Wildman–Crippen MR) is 69.5 cm³/mol. The first-order valence-electron chi connectivity index (χ1n) is 5.37. The molecule has 17 heavy (non-hydrogen) atoms. The van der Waals surface area contributed by atoms with Crippen molar-refractivity contribution in [1.29, 1.82) is 0 Å². The number of para-hydroxylation sites is 1. The second-order valence-electron chi connectivity index (χ2n) is 3.46. The summed E-state index contributed by atoms with van der Waals surface area (Å²) in [5, 5.41) is 1.69. The van der Waals surface area contributed by atoms with Gasteiger partial charge < -0.3 is 4.74 Å². The van der Waals surface area contributed by atoms with Crippen molar-refractivity contribution in [3.8, 4) is 0 Å². The van der Waals surface area contributed by atoms with Crippen molar-refractivity contribution >= 4 is 28.6 Å². The summed E-state index contributed by atoms with van der Waals surface area (Å²) in [7, 11) is 1.39. The van der Waals surface area contributed by atoms with Crippen LogP contribution < -0.4 is 0 Å². The summed E-state index contributed by atoms with van der Waals surface area (Å²) in [4.78, 5) is 16.2. The van der Waals surface area contributed by atoms with Crippen molar-refractivity contribution < 1.29 is 9.53 Å². The Hall–Kier alpha value is -1.55. The number of hydrogen-bond acceptors (Lipinski definition) is 4. The third-order valence-corrected chi connectivity index (χ3v) is 3.25. The summed E-state index contributed by atoms with van der Waals surface area (Å²) >= 11 is 1.55. The van der Waals surface area contributed by atoms with Gasteiger partial charge in [-0.3, -0.25) is 0 Å². The number of pyridine rings is 1. The molecule has 0 aliphatic heterocycles. The molecule has 3 nitrogen and oxygen atoms in total. The van der Waals surface area contributed by atoms with Gasteiger partial charge in [-0.05, 0) is 17.9 Å². The summed E-state index contributed by atoms with van der Waals surface area (Å²) in [5.74, 6) is 0.536. The maximum absolute atomic E-state index is 11.7. The lowest BCUT2D eigenvalue weighted by molar-refractivity contribution is 0.0596. The van der Waals surface area contributed by atoms with E-state index in [9.17, 15) is 4.79 Å². The van der Waals surface area contributed by atoms with Gasteiger partial charge in [0.05, 0.1) is 18.2 Å². The number of carbonyl (C=O) groups excluding carboxylic acids is 1. The van der Waals surface area contributed by atoms with Crippen LogP contribution in [0.15, 0.2) is 35.4 Å². The molecule has 0 radical (unpaired) electrons. The van der Waals surface area contributed by atoms with Crippen LogP contribution in [0.5, 0.6) is 0 Å².